The zero-order chi connectivity index (χ0) is 5.28. The molecule has 0 amide bonds. The van der Waals surface area contributed by atoms with Crippen molar-refractivity contribution in [1.29, 1.82) is 0 Å². The van der Waals surface area contributed by atoms with Crippen molar-refractivity contribution in [3.05, 3.63) is 12.2 Å². The van der Waals surface area contributed by atoms with Gasteiger partial charge in [0.25, 0.3) is 0 Å². The molecular weight excluding hydrogens is 156 g/mol. The fraction of sp³-hybridized carbons (Fsp3) is 0.400. The molecule has 0 aromatic heterocycles. The molecule has 0 spiro atoms. The van der Waals surface area contributed by atoms with Crippen molar-refractivity contribution >= 4 is 21.7 Å². The minimum atomic E-state index is 0.224. The number of alkyl halides is 1. The van der Waals surface area contributed by atoms with Gasteiger partial charge in [-0.25, -0.2) is 0 Å². The number of rotatable bonds is 0. The van der Waals surface area contributed by atoms with E-state index in [1.54, 1.807) is 6.08 Å². The molecule has 0 aliphatic heterocycles. The lowest BCUT2D eigenvalue weighted by Crippen LogP contribution is -1.90. The molecule has 0 saturated heterocycles. The van der Waals surface area contributed by atoms with E-state index in [2.05, 4.69) is 15.9 Å². The molecule has 38 valence electrons. The van der Waals surface area contributed by atoms with Crippen LogP contribution in [0.25, 0.3) is 0 Å². The van der Waals surface area contributed by atoms with E-state index in [9.17, 15) is 4.79 Å². The number of allylic oxidation sites excluding steroid dienone is 2. The Morgan fingerprint density at radius 3 is 2.71 bits per heavy atom. The van der Waals surface area contributed by atoms with E-state index in [0.717, 1.165) is 0 Å². The highest BCUT2D eigenvalue weighted by atomic mass is 79.9. The molecule has 0 aromatic rings. The predicted octanol–water partition coefficient (Wildman–Crippen LogP) is 1.28. The molecule has 1 aliphatic rings. The molecule has 0 aromatic carbocycles. The summed E-state index contributed by atoms with van der Waals surface area (Å²) >= 11 is 3.27. The topological polar surface area (TPSA) is 17.1 Å². The van der Waals surface area contributed by atoms with Crippen LogP contribution in [0.15, 0.2) is 12.2 Å². The maximum Gasteiger partial charge on any atom is 0.156 e. The summed E-state index contributed by atoms with van der Waals surface area (Å²) in [5.41, 5.74) is 0. The molecule has 0 fully saturated rings. The third-order valence-corrected chi connectivity index (χ3v) is 1.52. The minimum absolute atomic E-state index is 0.224. The minimum Gasteiger partial charge on any atom is -0.295 e. The summed E-state index contributed by atoms with van der Waals surface area (Å²) in [5.74, 6) is 0.224. The molecule has 0 unspecified atom stereocenters. The van der Waals surface area contributed by atoms with Crippen LogP contribution in [-0.4, -0.2) is 10.6 Å². The van der Waals surface area contributed by atoms with Gasteiger partial charge in [0.05, 0.1) is 0 Å². The van der Waals surface area contributed by atoms with Crippen molar-refractivity contribution in [1.82, 2.24) is 0 Å². The van der Waals surface area contributed by atoms with E-state index < -0.39 is 0 Å². The SMILES string of the molecule is O=C1C=C[C@H](Br)C1. The molecule has 0 N–H and O–H groups in total. The van der Waals surface area contributed by atoms with Gasteiger partial charge >= 0.3 is 0 Å². The fourth-order valence-corrected chi connectivity index (χ4v) is 1.01. The highest BCUT2D eigenvalue weighted by Crippen LogP contribution is 2.13. The zero-order valence-corrected chi connectivity index (χ0v) is 5.31. The number of hydrogen-bond donors (Lipinski definition) is 0. The summed E-state index contributed by atoms with van der Waals surface area (Å²) in [7, 11) is 0. The first kappa shape index (κ1) is 5.04. The lowest BCUT2D eigenvalue weighted by Gasteiger charge is -1.86. The van der Waals surface area contributed by atoms with E-state index in [-0.39, 0.29) is 5.78 Å². The Morgan fingerprint density at radius 2 is 2.57 bits per heavy atom. The Labute approximate surface area is 50.5 Å². The Bertz CT molecular complexity index is 117. The van der Waals surface area contributed by atoms with Gasteiger partial charge in [-0.15, -0.1) is 0 Å². The third kappa shape index (κ3) is 1.13. The van der Waals surface area contributed by atoms with Crippen LogP contribution in [0.3, 0.4) is 0 Å². The van der Waals surface area contributed by atoms with Gasteiger partial charge in [-0.05, 0) is 6.08 Å². The summed E-state index contributed by atoms with van der Waals surface area (Å²) in [6.45, 7) is 0. The fourth-order valence-electron chi connectivity index (χ4n) is 0.540. The lowest BCUT2D eigenvalue weighted by molar-refractivity contribution is -0.113. The second-order valence-corrected chi connectivity index (χ2v) is 2.72. The van der Waals surface area contributed by atoms with E-state index in [1.165, 1.54) is 0 Å². The molecule has 1 atom stereocenters. The van der Waals surface area contributed by atoms with Gasteiger partial charge in [0.2, 0.25) is 0 Å². The molecule has 7 heavy (non-hydrogen) atoms. The van der Waals surface area contributed by atoms with Gasteiger partial charge in [0, 0.05) is 11.2 Å². The molecule has 1 rings (SSSR count). The maximum atomic E-state index is 10.3. The standard InChI is InChI=1S/C5H5BrO/c6-4-1-2-5(7)3-4/h1-2,4H,3H2/t4-/m0/s1. The largest absolute Gasteiger partial charge is 0.295 e. The predicted molar refractivity (Wildman–Crippen MR) is 31.5 cm³/mol. The molecule has 0 radical (unpaired) electrons. The van der Waals surface area contributed by atoms with Crippen LogP contribution in [0.5, 0.6) is 0 Å². The summed E-state index contributed by atoms with van der Waals surface area (Å²) < 4.78 is 0. The normalized spacial score (nSPS) is 29.3. The summed E-state index contributed by atoms with van der Waals surface area (Å²) in [5, 5.41) is 0. The van der Waals surface area contributed by atoms with Crippen molar-refractivity contribution in [2.45, 2.75) is 11.2 Å². The first-order valence-electron chi connectivity index (χ1n) is 2.14. The zero-order valence-electron chi connectivity index (χ0n) is 3.73. The highest BCUT2D eigenvalue weighted by Gasteiger charge is 2.10. The molecular formula is C5H5BrO. The first-order chi connectivity index (χ1) is 3.29. The average molecular weight is 161 g/mol. The second kappa shape index (κ2) is 1.78. The highest BCUT2D eigenvalue weighted by molar-refractivity contribution is 9.09. The van der Waals surface area contributed by atoms with Gasteiger partial charge in [-0.3, -0.25) is 4.79 Å². The van der Waals surface area contributed by atoms with Crippen molar-refractivity contribution in [3.63, 3.8) is 0 Å². The van der Waals surface area contributed by atoms with Crippen molar-refractivity contribution in [2.24, 2.45) is 0 Å². The molecule has 0 heterocycles. The number of halogens is 1. The molecule has 2 heteroatoms. The van der Waals surface area contributed by atoms with Crippen LogP contribution >= 0.6 is 15.9 Å². The van der Waals surface area contributed by atoms with Crippen LogP contribution in [0.4, 0.5) is 0 Å². The summed E-state index contributed by atoms with van der Waals surface area (Å²) in [4.78, 5) is 10.6. The van der Waals surface area contributed by atoms with Crippen molar-refractivity contribution in [2.75, 3.05) is 0 Å². The van der Waals surface area contributed by atoms with Gasteiger partial charge in [0.1, 0.15) is 0 Å². The van der Waals surface area contributed by atoms with E-state index in [1.807, 2.05) is 6.08 Å². The lowest BCUT2D eigenvalue weighted by atomic mass is 10.3. The molecule has 1 aliphatic carbocycles. The molecule has 0 bridgehead atoms. The van der Waals surface area contributed by atoms with Crippen molar-refractivity contribution < 1.29 is 4.79 Å². The molecule has 1 nitrogen and oxygen atoms in total. The summed E-state index contributed by atoms with van der Waals surface area (Å²) in [6.07, 6.45) is 4.11. The Balaban J connectivity index is 2.58. The average Bonchev–Trinajstić information content (AvgIpc) is 1.87. The van der Waals surface area contributed by atoms with Gasteiger partial charge in [-0.2, -0.15) is 0 Å². The van der Waals surface area contributed by atoms with Crippen LogP contribution in [-0.2, 0) is 4.79 Å². The summed E-state index contributed by atoms with van der Waals surface area (Å²) in [6, 6.07) is 0. The quantitative estimate of drug-likeness (QED) is 0.489. The first-order valence-corrected chi connectivity index (χ1v) is 3.06. The van der Waals surface area contributed by atoms with Gasteiger partial charge in [0.15, 0.2) is 5.78 Å². The Morgan fingerprint density at radius 1 is 1.86 bits per heavy atom. The van der Waals surface area contributed by atoms with Crippen molar-refractivity contribution in [3.8, 4) is 0 Å². The van der Waals surface area contributed by atoms with Gasteiger partial charge < -0.3 is 0 Å². The smallest absolute Gasteiger partial charge is 0.156 e. The van der Waals surface area contributed by atoms with Crippen LogP contribution in [0, 0.1) is 0 Å². The van der Waals surface area contributed by atoms with Gasteiger partial charge in [-0.1, -0.05) is 22.0 Å². The van der Waals surface area contributed by atoms with E-state index in [4.69, 9.17) is 0 Å². The number of carbonyl (C=O) groups is 1. The van der Waals surface area contributed by atoms with Crippen LogP contribution < -0.4 is 0 Å². The second-order valence-electron chi connectivity index (χ2n) is 1.55. The Kier molecular flexibility index (Phi) is 1.28. The molecule has 0 saturated carbocycles. The number of carbonyl (C=O) groups excluding carboxylic acids is 1. The van der Waals surface area contributed by atoms with E-state index >= 15 is 0 Å². The Hall–Kier alpha value is -0.110. The van der Waals surface area contributed by atoms with Crippen LogP contribution in [0.2, 0.25) is 0 Å². The maximum absolute atomic E-state index is 10.3. The monoisotopic (exact) mass is 160 g/mol. The number of hydrogen-bond acceptors (Lipinski definition) is 1. The van der Waals surface area contributed by atoms with E-state index in [0.29, 0.717) is 11.2 Å². The number of ketones is 1. The van der Waals surface area contributed by atoms with Crippen LogP contribution in [0.1, 0.15) is 6.42 Å². The third-order valence-electron chi connectivity index (χ3n) is 0.887.